The van der Waals surface area contributed by atoms with E-state index >= 15 is 0 Å². The SMILES string of the molecule is CN(CCN1CCN=C1C(C#N)C#N)c1coc(CN2CCCCC2)c1. The van der Waals surface area contributed by atoms with Crippen LogP contribution in [-0.4, -0.2) is 62.0 Å². The van der Waals surface area contributed by atoms with Gasteiger partial charge in [0.25, 0.3) is 0 Å². The number of anilines is 1. The minimum absolute atomic E-state index is 0.612. The number of likely N-dealkylation sites (tertiary alicyclic amines) is 1. The van der Waals surface area contributed by atoms with Crippen molar-refractivity contribution in [3.8, 4) is 12.1 Å². The van der Waals surface area contributed by atoms with Gasteiger partial charge in [-0.25, -0.2) is 0 Å². The predicted molar refractivity (Wildman–Crippen MR) is 99.7 cm³/mol. The van der Waals surface area contributed by atoms with Crippen molar-refractivity contribution >= 4 is 11.5 Å². The first-order valence-electron chi connectivity index (χ1n) is 9.30. The number of rotatable bonds is 7. The second-order valence-electron chi connectivity index (χ2n) is 6.95. The van der Waals surface area contributed by atoms with Crippen molar-refractivity contribution in [3.05, 3.63) is 18.1 Å². The van der Waals surface area contributed by atoms with Gasteiger partial charge in [0.2, 0.25) is 0 Å². The summed E-state index contributed by atoms with van der Waals surface area (Å²) in [6.45, 7) is 6.14. The highest BCUT2D eigenvalue weighted by molar-refractivity contribution is 5.90. The van der Waals surface area contributed by atoms with Crippen LogP contribution in [0.25, 0.3) is 0 Å². The average Bonchev–Trinajstić information content (AvgIpc) is 3.32. The summed E-state index contributed by atoms with van der Waals surface area (Å²) in [5, 5.41) is 18.2. The summed E-state index contributed by atoms with van der Waals surface area (Å²) in [7, 11) is 2.04. The van der Waals surface area contributed by atoms with Crippen molar-refractivity contribution < 1.29 is 4.42 Å². The highest BCUT2D eigenvalue weighted by Gasteiger charge is 2.25. The molecule has 2 aliphatic rings. The third kappa shape index (κ3) is 4.36. The highest BCUT2D eigenvalue weighted by atomic mass is 16.3. The molecule has 1 aromatic rings. The number of aliphatic imine (C=N–C) groups is 1. The Bertz CT molecular complexity index is 692. The third-order valence-electron chi connectivity index (χ3n) is 5.10. The predicted octanol–water partition coefficient (Wildman–Crippen LogP) is 2.08. The Morgan fingerprint density at radius 1 is 1.23 bits per heavy atom. The first-order chi connectivity index (χ1) is 12.7. The fourth-order valence-electron chi connectivity index (χ4n) is 3.53. The lowest BCUT2D eigenvalue weighted by molar-refractivity contribution is 0.205. The van der Waals surface area contributed by atoms with E-state index in [1.54, 1.807) is 0 Å². The van der Waals surface area contributed by atoms with E-state index in [4.69, 9.17) is 14.9 Å². The van der Waals surface area contributed by atoms with Crippen LogP contribution in [0.4, 0.5) is 5.69 Å². The lowest BCUT2D eigenvalue weighted by Gasteiger charge is -2.25. The Morgan fingerprint density at radius 3 is 2.73 bits per heavy atom. The highest BCUT2D eigenvalue weighted by Crippen LogP contribution is 2.20. The Balaban J connectivity index is 1.51. The average molecular weight is 354 g/mol. The Kier molecular flexibility index (Phi) is 6.14. The van der Waals surface area contributed by atoms with Crippen molar-refractivity contribution in [2.24, 2.45) is 10.9 Å². The van der Waals surface area contributed by atoms with E-state index in [1.165, 1.54) is 19.3 Å². The number of nitrogens with zero attached hydrogens (tertiary/aromatic N) is 6. The summed E-state index contributed by atoms with van der Waals surface area (Å²) in [6, 6.07) is 6.15. The molecule has 1 fully saturated rings. The number of amidine groups is 1. The van der Waals surface area contributed by atoms with Gasteiger partial charge in [0.05, 0.1) is 30.9 Å². The smallest absolute Gasteiger partial charge is 0.189 e. The molecular formula is C19H26N6O. The molecule has 0 amide bonds. The fourth-order valence-corrected chi connectivity index (χ4v) is 3.53. The monoisotopic (exact) mass is 354 g/mol. The first kappa shape index (κ1) is 18.3. The van der Waals surface area contributed by atoms with E-state index < -0.39 is 5.92 Å². The Labute approximate surface area is 155 Å². The molecule has 7 nitrogen and oxygen atoms in total. The maximum absolute atomic E-state index is 9.09. The number of hydrogen-bond acceptors (Lipinski definition) is 7. The molecule has 1 aromatic heterocycles. The number of likely N-dealkylation sites (N-methyl/N-ethyl adjacent to an activating group) is 1. The molecule has 0 bridgehead atoms. The zero-order valence-corrected chi connectivity index (χ0v) is 15.4. The maximum Gasteiger partial charge on any atom is 0.189 e. The van der Waals surface area contributed by atoms with Crippen LogP contribution >= 0.6 is 0 Å². The van der Waals surface area contributed by atoms with Gasteiger partial charge in [-0.3, -0.25) is 9.89 Å². The third-order valence-corrected chi connectivity index (χ3v) is 5.10. The molecule has 0 aromatic carbocycles. The van der Waals surface area contributed by atoms with E-state index in [1.807, 2.05) is 30.3 Å². The molecule has 0 radical (unpaired) electrons. The van der Waals surface area contributed by atoms with Gasteiger partial charge in [-0.2, -0.15) is 10.5 Å². The number of piperidine rings is 1. The minimum atomic E-state index is -0.770. The molecule has 1 saturated heterocycles. The largest absolute Gasteiger partial charge is 0.466 e. The van der Waals surface area contributed by atoms with Gasteiger partial charge < -0.3 is 14.2 Å². The van der Waals surface area contributed by atoms with E-state index in [0.29, 0.717) is 12.4 Å². The van der Waals surface area contributed by atoms with E-state index in [0.717, 1.165) is 50.7 Å². The van der Waals surface area contributed by atoms with Crippen LogP contribution in [0, 0.1) is 28.6 Å². The molecule has 0 N–H and O–H groups in total. The first-order valence-corrected chi connectivity index (χ1v) is 9.30. The topological polar surface area (TPSA) is 82.8 Å². The molecule has 2 aliphatic heterocycles. The van der Waals surface area contributed by atoms with Crippen LogP contribution < -0.4 is 4.90 Å². The van der Waals surface area contributed by atoms with Crippen molar-refractivity contribution in [2.75, 3.05) is 51.2 Å². The summed E-state index contributed by atoms with van der Waals surface area (Å²) in [4.78, 5) is 11.0. The van der Waals surface area contributed by atoms with Crippen molar-refractivity contribution in [2.45, 2.75) is 25.8 Å². The summed E-state index contributed by atoms with van der Waals surface area (Å²) >= 11 is 0. The Hall–Kier alpha value is -2.51. The van der Waals surface area contributed by atoms with Gasteiger partial charge in [-0.15, -0.1) is 0 Å². The summed E-state index contributed by atoms with van der Waals surface area (Å²) < 4.78 is 5.75. The molecule has 0 spiro atoms. The second-order valence-corrected chi connectivity index (χ2v) is 6.95. The second kappa shape index (κ2) is 8.73. The maximum atomic E-state index is 9.09. The van der Waals surface area contributed by atoms with E-state index in [9.17, 15) is 0 Å². The Morgan fingerprint density at radius 2 is 2.00 bits per heavy atom. The van der Waals surface area contributed by atoms with Crippen LogP contribution in [0.15, 0.2) is 21.7 Å². The van der Waals surface area contributed by atoms with Gasteiger partial charge >= 0.3 is 0 Å². The number of hydrogen-bond donors (Lipinski definition) is 0. The van der Waals surface area contributed by atoms with Crippen molar-refractivity contribution in [1.29, 1.82) is 10.5 Å². The quantitative estimate of drug-likeness (QED) is 0.745. The lowest BCUT2D eigenvalue weighted by atomic mass is 10.1. The molecule has 0 aliphatic carbocycles. The molecule has 138 valence electrons. The summed E-state index contributed by atoms with van der Waals surface area (Å²) in [6.07, 6.45) is 5.70. The zero-order chi connectivity index (χ0) is 18.4. The van der Waals surface area contributed by atoms with Gasteiger partial charge in [0, 0.05) is 32.7 Å². The summed E-state index contributed by atoms with van der Waals surface area (Å²) in [5.41, 5.74) is 1.06. The minimum Gasteiger partial charge on any atom is -0.466 e. The van der Waals surface area contributed by atoms with Gasteiger partial charge in [-0.05, 0) is 25.9 Å². The van der Waals surface area contributed by atoms with Gasteiger partial charge in [0.1, 0.15) is 17.9 Å². The molecule has 3 heterocycles. The van der Waals surface area contributed by atoms with E-state index in [2.05, 4.69) is 20.9 Å². The van der Waals surface area contributed by atoms with Crippen LogP contribution in [0.2, 0.25) is 0 Å². The number of furan rings is 1. The van der Waals surface area contributed by atoms with Crippen LogP contribution in [0.3, 0.4) is 0 Å². The molecule has 3 rings (SSSR count). The molecule has 7 heteroatoms. The lowest BCUT2D eigenvalue weighted by Crippen LogP contribution is -2.38. The van der Waals surface area contributed by atoms with Crippen LogP contribution in [0.1, 0.15) is 25.0 Å². The van der Waals surface area contributed by atoms with E-state index in [-0.39, 0.29) is 0 Å². The fraction of sp³-hybridized carbons (Fsp3) is 0.632. The van der Waals surface area contributed by atoms with Crippen molar-refractivity contribution in [3.63, 3.8) is 0 Å². The molecular weight excluding hydrogens is 328 g/mol. The standard InChI is InChI=1S/C19H26N6O/c1-23(9-10-25-8-5-22-19(25)16(12-20)13-21)17-11-18(26-15-17)14-24-6-3-2-4-7-24/h11,15-16H,2-10,14H2,1H3. The molecule has 0 atom stereocenters. The van der Waals surface area contributed by atoms with Crippen molar-refractivity contribution in [1.82, 2.24) is 9.80 Å². The zero-order valence-electron chi connectivity index (χ0n) is 15.4. The van der Waals surface area contributed by atoms with Gasteiger partial charge in [0.15, 0.2) is 5.92 Å². The molecule has 0 saturated carbocycles. The summed E-state index contributed by atoms with van der Waals surface area (Å²) in [5.74, 6) is 0.848. The number of nitriles is 2. The van der Waals surface area contributed by atoms with Gasteiger partial charge in [-0.1, -0.05) is 6.42 Å². The van der Waals surface area contributed by atoms with Crippen LogP contribution in [-0.2, 0) is 6.54 Å². The normalized spacial score (nSPS) is 17.8. The van der Waals surface area contributed by atoms with Crippen LogP contribution in [0.5, 0.6) is 0 Å². The molecule has 0 unspecified atom stereocenters. The molecule has 26 heavy (non-hydrogen) atoms.